The number of β-amino-alcohol motifs (C(OH)–C–C–N with tert-alkyl or cyclic N) is 1. The molecule has 0 saturated carbocycles. The molecule has 2 aromatic carbocycles. The zero-order valence-corrected chi connectivity index (χ0v) is 19.1. The average Bonchev–Trinajstić information content (AvgIpc) is 3.51. The number of benzene rings is 2. The van der Waals surface area contributed by atoms with Gasteiger partial charge in [-0.05, 0) is 55.5 Å². The molecule has 35 heavy (non-hydrogen) atoms. The molecule has 8 nitrogen and oxygen atoms in total. The third kappa shape index (κ3) is 5.01. The molecule has 1 amide bonds. The first-order chi connectivity index (χ1) is 17.0. The lowest BCUT2D eigenvalue weighted by atomic mass is 10.1. The van der Waals surface area contributed by atoms with Gasteiger partial charge in [-0.25, -0.2) is 4.98 Å². The van der Waals surface area contributed by atoms with E-state index in [0.717, 1.165) is 22.4 Å². The van der Waals surface area contributed by atoms with E-state index in [4.69, 9.17) is 4.52 Å². The van der Waals surface area contributed by atoms with Crippen LogP contribution in [0.1, 0.15) is 46.0 Å². The van der Waals surface area contributed by atoms with Gasteiger partial charge in [0, 0.05) is 53.8 Å². The van der Waals surface area contributed by atoms with Crippen molar-refractivity contribution in [3.8, 4) is 23.2 Å². The highest BCUT2D eigenvalue weighted by Crippen LogP contribution is 2.22. The number of aromatic nitrogens is 3. The van der Waals surface area contributed by atoms with E-state index in [-0.39, 0.29) is 5.91 Å². The monoisotopic (exact) mass is 468 g/mol. The SMILES string of the molecule is C[C@H](O)c1nccn1Cc1cc(-c2ccc(C#Cc3ccc(C(=O)N4CC(O)C4)cc3)cc2)on1. The standard InChI is InChI=1S/C27H24N4O4/c1-18(32)26-28-12-13-30(26)15-23-14-25(35-29-23)21-8-4-19(5-9-21)2-3-20-6-10-22(11-7-20)27(34)31-16-24(33)17-31/h4-14,18,24,32-33H,15-17H2,1H3/t18-/m0/s1. The van der Waals surface area contributed by atoms with Gasteiger partial charge in [0.15, 0.2) is 5.76 Å². The number of hydrogen-bond donors (Lipinski definition) is 2. The number of carbonyl (C=O) groups is 1. The van der Waals surface area contributed by atoms with Crippen LogP contribution in [0.2, 0.25) is 0 Å². The molecule has 4 aromatic rings. The second-order valence-electron chi connectivity index (χ2n) is 8.54. The summed E-state index contributed by atoms with van der Waals surface area (Å²) < 4.78 is 7.34. The zero-order chi connectivity index (χ0) is 24.4. The summed E-state index contributed by atoms with van der Waals surface area (Å²) in [6.07, 6.45) is 2.38. The summed E-state index contributed by atoms with van der Waals surface area (Å²) in [4.78, 5) is 18.1. The number of aliphatic hydroxyl groups is 2. The van der Waals surface area contributed by atoms with E-state index in [2.05, 4.69) is 22.0 Å². The summed E-state index contributed by atoms with van der Waals surface area (Å²) in [5.41, 5.74) is 3.87. The van der Waals surface area contributed by atoms with Gasteiger partial charge in [0.2, 0.25) is 0 Å². The van der Waals surface area contributed by atoms with E-state index < -0.39 is 12.2 Å². The summed E-state index contributed by atoms with van der Waals surface area (Å²) in [7, 11) is 0. The smallest absolute Gasteiger partial charge is 0.254 e. The maximum absolute atomic E-state index is 12.3. The van der Waals surface area contributed by atoms with Crippen molar-refractivity contribution in [3.63, 3.8) is 0 Å². The molecule has 1 atom stereocenters. The van der Waals surface area contributed by atoms with Gasteiger partial charge in [0.05, 0.1) is 12.6 Å². The number of hydrogen-bond acceptors (Lipinski definition) is 6. The molecule has 0 spiro atoms. The number of likely N-dealkylation sites (tertiary alicyclic amines) is 1. The molecule has 176 valence electrons. The van der Waals surface area contributed by atoms with Gasteiger partial charge in [0.1, 0.15) is 17.6 Å². The Morgan fingerprint density at radius 3 is 2.40 bits per heavy atom. The van der Waals surface area contributed by atoms with Gasteiger partial charge in [-0.1, -0.05) is 17.0 Å². The lowest BCUT2D eigenvalue weighted by Crippen LogP contribution is -2.53. The van der Waals surface area contributed by atoms with Gasteiger partial charge in [0.25, 0.3) is 5.91 Å². The molecule has 0 radical (unpaired) electrons. The molecule has 5 rings (SSSR count). The van der Waals surface area contributed by atoms with Crippen LogP contribution in [0.4, 0.5) is 0 Å². The summed E-state index contributed by atoms with van der Waals surface area (Å²) in [6, 6.07) is 16.7. The van der Waals surface area contributed by atoms with Crippen LogP contribution in [0.25, 0.3) is 11.3 Å². The molecule has 0 bridgehead atoms. The fourth-order valence-corrected chi connectivity index (χ4v) is 3.88. The quantitative estimate of drug-likeness (QED) is 0.437. The Labute approximate surface area is 202 Å². The molecular weight excluding hydrogens is 444 g/mol. The van der Waals surface area contributed by atoms with E-state index in [9.17, 15) is 15.0 Å². The molecule has 8 heteroatoms. The molecule has 0 aliphatic carbocycles. The second-order valence-corrected chi connectivity index (χ2v) is 8.54. The van der Waals surface area contributed by atoms with Crippen LogP contribution >= 0.6 is 0 Å². The Bertz CT molecular complexity index is 1390. The van der Waals surface area contributed by atoms with Crippen molar-refractivity contribution in [2.24, 2.45) is 0 Å². The largest absolute Gasteiger partial charge is 0.389 e. The zero-order valence-electron chi connectivity index (χ0n) is 19.1. The lowest BCUT2D eigenvalue weighted by Gasteiger charge is -2.35. The third-order valence-electron chi connectivity index (χ3n) is 5.81. The second kappa shape index (κ2) is 9.58. The van der Waals surface area contributed by atoms with E-state index in [1.807, 2.05) is 47.0 Å². The molecule has 2 aromatic heterocycles. The van der Waals surface area contributed by atoms with E-state index in [1.54, 1.807) is 36.4 Å². The molecular formula is C27H24N4O4. The van der Waals surface area contributed by atoms with Gasteiger partial charge in [-0.2, -0.15) is 0 Å². The van der Waals surface area contributed by atoms with Crippen molar-refractivity contribution in [2.75, 3.05) is 13.1 Å². The number of carbonyl (C=O) groups excluding carboxylic acids is 1. The first-order valence-corrected chi connectivity index (χ1v) is 11.3. The molecule has 0 unspecified atom stereocenters. The van der Waals surface area contributed by atoms with Gasteiger partial charge in [-0.3, -0.25) is 4.79 Å². The Morgan fingerprint density at radius 2 is 1.77 bits per heavy atom. The average molecular weight is 469 g/mol. The summed E-state index contributed by atoms with van der Waals surface area (Å²) in [6.45, 7) is 2.91. The van der Waals surface area contributed by atoms with Crippen LogP contribution in [0.15, 0.2) is 71.5 Å². The lowest BCUT2D eigenvalue weighted by molar-refractivity contribution is 0.00589. The van der Waals surface area contributed by atoms with Gasteiger partial charge in [-0.15, -0.1) is 0 Å². The molecule has 3 heterocycles. The van der Waals surface area contributed by atoms with Gasteiger partial charge >= 0.3 is 0 Å². The molecule has 1 saturated heterocycles. The highest BCUT2D eigenvalue weighted by atomic mass is 16.5. The highest BCUT2D eigenvalue weighted by molar-refractivity contribution is 5.94. The molecule has 2 N–H and O–H groups in total. The number of rotatable bonds is 5. The molecule has 1 aliphatic rings. The minimum atomic E-state index is -0.661. The fraction of sp³-hybridized carbons (Fsp3) is 0.222. The topological polar surface area (TPSA) is 105 Å². The van der Waals surface area contributed by atoms with Crippen LogP contribution in [-0.2, 0) is 6.54 Å². The van der Waals surface area contributed by atoms with Gasteiger partial charge < -0.3 is 24.2 Å². The van der Waals surface area contributed by atoms with E-state index in [0.29, 0.717) is 36.8 Å². The van der Waals surface area contributed by atoms with Crippen molar-refractivity contribution in [3.05, 3.63) is 95.2 Å². The Hall–Kier alpha value is -4.19. The number of amides is 1. The number of nitrogens with zero attached hydrogens (tertiary/aromatic N) is 4. The Morgan fingerprint density at radius 1 is 1.11 bits per heavy atom. The first-order valence-electron chi connectivity index (χ1n) is 11.3. The minimum absolute atomic E-state index is 0.0746. The predicted octanol–water partition coefficient (Wildman–Crippen LogP) is 2.86. The van der Waals surface area contributed by atoms with Crippen LogP contribution in [0, 0.1) is 11.8 Å². The maximum Gasteiger partial charge on any atom is 0.254 e. The Kier molecular flexibility index (Phi) is 6.19. The maximum atomic E-state index is 12.3. The summed E-state index contributed by atoms with van der Waals surface area (Å²) >= 11 is 0. The van der Waals surface area contributed by atoms with Crippen molar-refractivity contribution >= 4 is 5.91 Å². The normalized spacial score (nSPS) is 14.2. The molecule has 1 aliphatic heterocycles. The molecule has 1 fully saturated rings. The van der Waals surface area contributed by atoms with E-state index >= 15 is 0 Å². The van der Waals surface area contributed by atoms with Crippen LogP contribution in [0.3, 0.4) is 0 Å². The van der Waals surface area contributed by atoms with E-state index in [1.165, 1.54) is 0 Å². The first kappa shape index (κ1) is 22.6. The summed E-state index contributed by atoms with van der Waals surface area (Å²) in [5.74, 6) is 7.40. The number of imidazole rings is 1. The van der Waals surface area contributed by atoms with Crippen LogP contribution in [-0.4, -0.2) is 54.9 Å². The summed E-state index contributed by atoms with van der Waals surface area (Å²) in [5, 5.41) is 23.3. The number of aliphatic hydroxyl groups excluding tert-OH is 2. The fourth-order valence-electron chi connectivity index (χ4n) is 3.88. The van der Waals surface area contributed by atoms with Crippen molar-refractivity contribution in [1.29, 1.82) is 0 Å². The predicted molar refractivity (Wildman–Crippen MR) is 128 cm³/mol. The van der Waals surface area contributed by atoms with Crippen molar-refractivity contribution in [1.82, 2.24) is 19.6 Å². The minimum Gasteiger partial charge on any atom is -0.389 e. The third-order valence-corrected chi connectivity index (χ3v) is 5.81. The Balaban J connectivity index is 1.22. The van der Waals surface area contributed by atoms with Crippen LogP contribution < -0.4 is 0 Å². The van der Waals surface area contributed by atoms with Crippen molar-refractivity contribution < 1.29 is 19.5 Å². The van der Waals surface area contributed by atoms with Crippen LogP contribution in [0.5, 0.6) is 0 Å². The van der Waals surface area contributed by atoms with Crippen molar-refractivity contribution in [2.45, 2.75) is 25.7 Å². The highest BCUT2D eigenvalue weighted by Gasteiger charge is 2.29.